The van der Waals surface area contributed by atoms with Crippen LogP contribution >= 0.6 is 0 Å². The molecule has 2 N–H and O–H groups in total. The largest absolute Gasteiger partial charge is 0.401 e. The predicted octanol–water partition coefficient (Wildman–Crippen LogP) is 1.23. The smallest absolute Gasteiger partial charge is 0.376 e. The molecule has 0 saturated carbocycles. The zero-order valence-electron chi connectivity index (χ0n) is 9.18. The summed E-state index contributed by atoms with van der Waals surface area (Å²) in [6.45, 7) is 3.83. The standard InChI is InChI=1S/C9H19F3N2O/c1-3-14(7-9(10,11)12)6-8(5-13)15-4-2/h8H,3-7,13H2,1-2H3. The molecule has 3 nitrogen and oxygen atoms in total. The normalized spacial score (nSPS) is 14.6. The predicted molar refractivity (Wildman–Crippen MR) is 52.6 cm³/mol. The van der Waals surface area contributed by atoms with Crippen LogP contribution in [0.15, 0.2) is 0 Å². The zero-order valence-corrected chi connectivity index (χ0v) is 9.18. The maximum atomic E-state index is 12.1. The van der Waals surface area contributed by atoms with Crippen molar-refractivity contribution in [2.45, 2.75) is 26.1 Å². The van der Waals surface area contributed by atoms with Crippen molar-refractivity contribution in [1.29, 1.82) is 0 Å². The number of likely N-dealkylation sites (N-methyl/N-ethyl adjacent to an activating group) is 1. The summed E-state index contributed by atoms with van der Waals surface area (Å²) in [6, 6.07) is 0. The highest BCUT2D eigenvalue weighted by Crippen LogP contribution is 2.16. The average Bonchev–Trinajstić information content (AvgIpc) is 2.13. The average molecular weight is 228 g/mol. The third-order valence-corrected chi connectivity index (χ3v) is 1.98. The highest BCUT2D eigenvalue weighted by atomic mass is 19.4. The quantitative estimate of drug-likeness (QED) is 0.712. The van der Waals surface area contributed by atoms with E-state index in [1.165, 1.54) is 4.90 Å². The van der Waals surface area contributed by atoms with Crippen LogP contribution in [0.3, 0.4) is 0 Å². The fourth-order valence-electron chi connectivity index (χ4n) is 1.28. The monoisotopic (exact) mass is 228 g/mol. The summed E-state index contributed by atoms with van der Waals surface area (Å²) in [5.41, 5.74) is 5.39. The molecular weight excluding hydrogens is 209 g/mol. The van der Waals surface area contributed by atoms with Gasteiger partial charge in [0.1, 0.15) is 0 Å². The van der Waals surface area contributed by atoms with Crippen LogP contribution in [0.5, 0.6) is 0 Å². The Balaban J connectivity index is 4.06. The second-order valence-electron chi connectivity index (χ2n) is 3.26. The number of halogens is 3. The Hall–Kier alpha value is -0.330. The first-order valence-corrected chi connectivity index (χ1v) is 5.03. The molecule has 0 aromatic heterocycles. The van der Waals surface area contributed by atoms with Crippen molar-refractivity contribution < 1.29 is 17.9 Å². The number of nitrogens with two attached hydrogens (primary N) is 1. The first-order chi connectivity index (χ1) is 6.92. The van der Waals surface area contributed by atoms with Gasteiger partial charge in [0.15, 0.2) is 0 Å². The lowest BCUT2D eigenvalue weighted by atomic mass is 10.3. The number of rotatable bonds is 7. The molecule has 0 radical (unpaired) electrons. The summed E-state index contributed by atoms with van der Waals surface area (Å²) in [4.78, 5) is 1.28. The molecule has 0 heterocycles. The second kappa shape index (κ2) is 7.03. The molecule has 1 atom stereocenters. The minimum Gasteiger partial charge on any atom is -0.376 e. The van der Waals surface area contributed by atoms with E-state index in [-0.39, 0.29) is 19.2 Å². The van der Waals surface area contributed by atoms with Gasteiger partial charge in [0.25, 0.3) is 0 Å². The molecule has 0 aliphatic heterocycles. The van der Waals surface area contributed by atoms with E-state index in [1.807, 2.05) is 0 Å². The summed E-state index contributed by atoms with van der Waals surface area (Å²) in [6.07, 6.45) is -4.49. The molecule has 0 aliphatic rings. The highest BCUT2D eigenvalue weighted by Gasteiger charge is 2.30. The van der Waals surface area contributed by atoms with Gasteiger partial charge in [0, 0.05) is 19.7 Å². The Bertz CT molecular complexity index is 164. The van der Waals surface area contributed by atoms with Crippen molar-refractivity contribution in [3.8, 4) is 0 Å². The molecule has 1 unspecified atom stereocenters. The first-order valence-electron chi connectivity index (χ1n) is 5.03. The number of alkyl halides is 3. The summed E-state index contributed by atoms with van der Waals surface area (Å²) in [5, 5.41) is 0. The van der Waals surface area contributed by atoms with Crippen LogP contribution in [0.1, 0.15) is 13.8 Å². The molecule has 92 valence electrons. The van der Waals surface area contributed by atoms with E-state index in [1.54, 1.807) is 13.8 Å². The minimum absolute atomic E-state index is 0.223. The van der Waals surface area contributed by atoms with Crippen LogP contribution in [0.25, 0.3) is 0 Å². The topological polar surface area (TPSA) is 38.5 Å². The molecule has 0 aromatic rings. The van der Waals surface area contributed by atoms with Crippen molar-refractivity contribution in [3.05, 3.63) is 0 Å². The van der Waals surface area contributed by atoms with Gasteiger partial charge in [0.2, 0.25) is 0 Å². The highest BCUT2D eigenvalue weighted by molar-refractivity contribution is 4.68. The summed E-state index contributed by atoms with van der Waals surface area (Å²) < 4.78 is 41.6. The van der Waals surface area contributed by atoms with Gasteiger partial charge < -0.3 is 10.5 Å². The molecule has 0 aromatic carbocycles. The Kier molecular flexibility index (Phi) is 6.87. The lowest BCUT2D eigenvalue weighted by Gasteiger charge is -2.26. The SMILES string of the molecule is CCOC(CN)CN(CC)CC(F)(F)F. The number of hydrogen-bond donors (Lipinski definition) is 1. The van der Waals surface area contributed by atoms with Crippen LogP contribution in [0.2, 0.25) is 0 Å². The molecule has 0 amide bonds. The Morgan fingerprint density at radius 2 is 1.93 bits per heavy atom. The van der Waals surface area contributed by atoms with E-state index in [4.69, 9.17) is 10.5 Å². The van der Waals surface area contributed by atoms with Gasteiger partial charge in [-0.1, -0.05) is 6.92 Å². The minimum atomic E-state index is -4.17. The van der Waals surface area contributed by atoms with E-state index in [2.05, 4.69) is 0 Å². The van der Waals surface area contributed by atoms with Crippen LogP contribution in [0.4, 0.5) is 13.2 Å². The maximum absolute atomic E-state index is 12.1. The van der Waals surface area contributed by atoms with Gasteiger partial charge in [-0.3, -0.25) is 4.90 Å². The Labute approximate surface area is 88.4 Å². The van der Waals surface area contributed by atoms with Gasteiger partial charge in [-0.25, -0.2) is 0 Å². The van der Waals surface area contributed by atoms with Crippen molar-refractivity contribution in [3.63, 3.8) is 0 Å². The van der Waals surface area contributed by atoms with Crippen LogP contribution in [0, 0.1) is 0 Å². The van der Waals surface area contributed by atoms with Gasteiger partial charge in [-0.2, -0.15) is 13.2 Å². The van der Waals surface area contributed by atoms with Gasteiger partial charge in [-0.15, -0.1) is 0 Å². The van der Waals surface area contributed by atoms with E-state index in [0.29, 0.717) is 13.2 Å². The fourth-order valence-corrected chi connectivity index (χ4v) is 1.28. The summed E-state index contributed by atoms with van der Waals surface area (Å²) in [5.74, 6) is 0. The molecule has 0 aliphatic carbocycles. The molecule has 15 heavy (non-hydrogen) atoms. The molecule has 6 heteroatoms. The molecule has 0 saturated heterocycles. The van der Waals surface area contributed by atoms with E-state index >= 15 is 0 Å². The zero-order chi connectivity index (χ0) is 11.9. The first kappa shape index (κ1) is 14.7. The number of nitrogens with zero attached hydrogens (tertiary/aromatic N) is 1. The van der Waals surface area contributed by atoms with Gasteiger partial charge in [-0.05, 0) is 13.5 Å². The molecule has 0 bridgehead atoms. The maximum Gasteiger partial charge on any atom is 0.401 e. The van der Waals surface area contributed by atoms with E-state index in [0.717, 1.165) is 0 Å². The third kappa shape index (κ3) is 7.58. The van der Waals surface area contributed by atoms with Crippen molar-refractivity contribution in [1.82, 2.24) is 4.90 Å². The third-order valence-electron chi connectivity index (χ3n) is 1.98. The number of ether oxygens (including phenoxy) is 1. The van der Waals surface area contributed by atoms with Crippen molar-refractivity contribution >= 4 is 0 Å². The van der Waals surface area contributed by atoms with E-state index in [9.17, 15) is 13.2 Å². The Morgan fingerprint density at radius 1 is 1.33 bits per heavy atom. The number of hydrogen-bond acceptors (Lipinski definition) is 3. The second-order valence-corrected chi connectivity index (χ2v) is 3.26. The van der Waals surface area contributed by atoms with E-state index < -0.39 is 12.7 Å². The lowest BCUT2D eigenvalue weighted by Crippen LogP contribution is -2.42. The molecule has 0 rings (SSSR count). The van der Waals surface area contributed by atoms with Gasteiger partial charge >= 0.3 is 6.18 Å². The van der Waals surface area contributed by atoms with Crippen LogP contribution in [-0.4, -0.2) is 50.0 Å². The Morgan fingerprint density at radius 3 is 2.27 bits per heavy atom. The molecule has 0 fully saturated rings. The van der Waals surface area contributed by atoms with Gasteiger partial charge in [0.05, 0.1) is 12.6 Å². The van der Waals surface area contributed by atoms with Crippen LogP contribution in [-0.2, 0) is 4.74 Å². The molecule has 0 spiro atoms. The fraction of sp³-hybridized carbons (Fsp3) is 1.00. The lowest BCUT2D eigenvalue weighted by molar-refractivity contribution is -0.148. The van der Waals surface area contributed by atoms with Crippen molar-refractivity contribution in [2.75, 3.05) is 32.8 Å². The summed E-state index contributed by atoms with van der Waals surface area (Å²) in [7, 11) is 0. The molecular formula is C9H19F3N2O. The van der Waals surface area contributed by atoms with Crippen LogP contribution < -0.4 is 5.73 Å². The summed E-state index contributed by atoms with van der Waals surface area (Å²) >= 11 is 0. The van der Waals surface area contributed by atoms with Crippen molar-refractivity contribution in [2.24, 2.45) is 5.73 Å².